The van der Waals surface area contributed by atoms with Crippen LogP contribution in [-0.2, 0) is 13.2 Å². The third-order valence-electron chi connectivity index (χ3n) is 5.09. The molecule has 1 heterocycles. The molecule has 12 heteroatoms. The molecule has 37 heavy (non-hydrogen) atoms. The smallest absolute Gasteiger partial charge is 0.856 e. The van der Waals surface area contributed by atoms with Crippen LogP contribution in [0.4, 0.5) is 4.39 Å². The second-order valence-corrected chi connectivity index (χ2v) is 7.43. The Bertz CT molecular complexity index is 1490. The molecule has 0 bridgehead atoms. The molecule has 1 aromatic heterocycles. The quantitative estimate of drug-likeness (QED) is 0.131. The van der Waals surface area contributed by atoms with Crippen LogP contribution in [-0.4, -0.2) is 28.9 Å². The number of carbonyl (C=O) groups is 1. The summed E-state index contributed by atoms with van der Waals surface area (Å²) in [5.41, 5.74) is 0.541. The van der Waals surface area contributed by atoms with E-state index < -0.39 is 23.2 Å². The number of hydrogen-bond acceptors (Lipinski definition) is 8. The molecule has 4 aromatic rings. The minimum absolute atomic E-state index is 0. The molecule has 0 aliphatic rings. The fourth-order valence-electron chi connectivity index (χ4n) is 3.32. The van der Waals surface area contributed by atoms with Crippen molar-refractivity contribution in [3.05, 3.63) is 99.3 Å². The maximum Gasteiger partial charge on any atom is 1.00 e. The normalized spacial score (nSPS) is 10.8. The fourth-order valence-corrected chi connectivity index (χ4v) is 3.32. The summed E-state index contributed by atoms with van der Waals surface area (Å²) in [4.78, 5) is 34.0. The summed E-state index contributed by atoms with van der Waals surface area (Å²) in [5, 5.41) is 23.2. The Morgan fingerprint density at radius 3 is 2.46 bits per heavy atom. The molecule has 0 fully saturated rings. The number of aromatic amines is 1. The van der Waals surface area contributed by atoms with E-state index in [9.17, 15) is 24.2 Å². The van der Waals surface area contributed by atoms with Crippen molar-refractivity contribution in [2.24, 2.45) is 4.99 Å². The van der Waals surface area contributed by atoms with Crippen molar-refractivity contribution in [3.63, 3.8) is 0 Å². The van der Waals surface area contributed by atoms with Crippen molar-refractivity contribution in [2.75, 3.05) is 7.11 Å². The average molecular weight is 554 g/mol. The van der Waals surface area contributed by atoms with E-state index in [0.29, 0.717) is 11.3 Å². The van der Waals surface area contributed by atoms with Gasteiger partial charge in [-0.3, -0.25) is 9.79 Å². The number of aromatic carboxylic acids is 1. The van der Waals surface area contributed by atoms with Crippen LogP contribution in [0.5, 0.6) is 11.5 Å². The molecular weight excluding hydrogens is 535 g/mol. The van der Waals surface area contributed by atoms with Gasteiger partial charge in [0.2, 0.25) is 0 Å². The van der Waals surface area contributed by atoms with Crippen LogP contribution in [0.25, 0.3) is 10.9 Å². The molecule has 0 radical (unpaired) electrons. The van der Waals surface area contributed by atoms with E-state index in [1.165, 1.54) is 37.4 Å². The van der Waals surface area contributed by atoms with Gasteiger partial charge in [0.1, 0.15) is 23.6 Å². The zero-order chi connectivity index (χ0) is 24.9. The molecule has 0 saturated carbocycles. The van der Waals surface area contributed by atoms with Crippen LogP contribution in [0.1, 0.15) is 27.3 Å². The number of nitrogens with zero attached hydrogens (tertiary/aromatic N) is 2. The first kappa shape index (κ1) is 31.8. The number of rotatable bonds is 8. The number of ether oxygens (including phenoxy) is 2. The molecule has 1 N–H and O–H groups in total. The summed E-state index contributed by atoms with van der Waals surface area (Å²) in [7, 11) is 1.53. The van der Waals surface area contributed by atoms with E-state index in [1.807, 2.05) is 0 Å². The summed E-state index contributed by atoms with van der Waals surface area (Å²) in [5.74, 6) is -2.87. The van der Waals surface area contributed by atoms with Crippen molar-refractivity contribution in [1.82, 2.24) is 9.97 Å². The van der Waals surface area contributed by atoms with E-state index in [1.54, 1.807) is 24.3 Å². The van der Waals surface area contributed by atoms with Gasteiger partial charge >= 0.3 is 103 Å². The van der Waals surface area contributed by atoms with Crippen molar-refractivity contribution >= 4 is 22.8 Å². The number of halogens is 1. The van der Waals surface area contributed by atoms with Gasteiger partial charge < -0.3 is 29.5 Å². The number of fused-ring (bicyclic) bond motifs is 1. The Morgan fingerprint density at radius 1 is 1.05 bits per heavy atom. The second-order valence-electron chi connectivity index (χ2n) is 7.43. The van der Waals surface area contributed by atoms with Gasteiger partial charge in [-0.05, 0) is 41.0 Å². The molecule has 0 spiro atoms. The van der Waals surface area contributed by atoms with Crippen LogP contribution >= 0.6 is 0 Å². The molecule has 0 atom stereocenters. The van der Waals surface area contributed by atoms with E-state index in [-0.39, 0.29) is 144 Å². The van der Waals surface area contributed by atoms with Gasteiger partial charge in [-0.25, -0.2) is 9.37 Å². The number of H-pyrrole nitrogens is 1. The molecule has 0 amide bonds. The van der Waals surface area contributed by atoms with Crippen LogP contribution < -0.4 is 128 Å². The maximum atomic E-state index is 14.5. The maximum absolute atomic E-state index is 14.5. The Balaban J connectivity index is 0.00000241. The summed E-state index contributed by atoms with van der Waals surface area (Å²) >= 11 is 0. The van der Waals surface area contributed by atoms with Gasteiger partial charge in [-0.15, -0.1) is 0 Å². The Kier molecular flexibility index (Phi) is 12.6. The molecular formula is C25H18FK2N3O6. The van der Waals surface area contributed by atoms with Crippen LogP contribution in [0.15, 0.2) is 70.5 Å². The number of carboxylic acid groups (broad SMARTS) is 1. The van der Waals surface area contributed by atoms with Crippen molar-refractivity contribution in [1.29, 1.82) is 0 Å². The van der Waals surface area contributed by atoms with Crippen molar-refractivity contribution in [3.8, 4) is 11.5 Å². The van der Waals surface area contributed by atoms with Gasteiger partial charge in [0, 0.05) is 5.90 Å². The monoisotopic (exact) mass is 553 g/mol. The zero-order valence-electron chi connectivity index (χ0n) is 20.4. The van der Waals surface area contributed by atoms with Gasteiger partial charge in [0.25, 0.3) is 5.56 Å². The van der Waals surface area contributed by atoms with Crippen molar-refractivity contribution in [2.45, 2.75) is 13.2 Å². The SMILES string of the molecule is COc1cccc(CN=C([O-])c2nc3ccc(F)c(OCc4ccc(C(=O)[O-])cc4)c3c(=O)[nH]2)c1.[K+].[K+]. The fraction of sp³-hybridized carbons (Fsp3) is 0.120. The van der Waals surface area contributed by atoms with E-state index in [0.717, 1.165) is 11.6 Å². The molecule has 3 aromatic carbocycles. The standard InChI is InChI=1S/C25H20FN3O6.2K/c1-34-17-4-2-3-15(11-17)12-27-24(31)22-28-19-10-9-18(26)21(20(19)23(30)29-22)35-13-14-5-7-16(8-6-14)25(32)33;;/h2-11H,12-13H2,1H3,(H,27,31)(H,32,33)(H,28,29,30);;/q;2*+1/p-2. The second kappa shape index (κ2) is 14.6. The first-order chi connectivity index (χ1) is 16.9. The molecule has 0 aliphatic carbocycles. The third kappa shape index (κ3) is 8.02. The van der Waals surface area contributed by atoms with Gasteiger partial charge in [0.15, 0.2) is 11.6 Å². The topological polar surface area (TPSA) is 140 Å². The summed E-state index contributed by atoms with van der Waals surface area (Å²) in [6, 6.07) is 15.0. The predicted molar refractivity (Wildman–Crippen MR) is 121 cm³/mol. The Labute approximate surface area is 296 Å². The summed E-state index contributed by atoms with van der Waals surface area (Å²) in [6.45, 7) is -0.0916. The predicted octanol–water partition coefficient (Wildman–Crippen LogP) is -4.67. The average Bonchev–Trinajstić information content (AvgIpc) is 2.87. The van der Waals surface area contributed by atoms with E-state index >= 15 is 0 Å². The zero-order valence-corrected chi connectivity index (χ0v) is 26.7. The summed E-state index contributed by atoms with van der Waals surface area (Å²) < 4.78 is 25.2. The molecule has 4 rings (SSSR count). The van der Waals surface area contributed by atoms with Crippen LogP contribution in [0.3, 0.4) is 0 Å². The van der Waals surface area contributed by atoms with Crippen LogP contribution in [0, 0.1) is 5.82 Å². The van der Waals surface area contributed by atoms with Crippen molar-refractivity contribution < 1.29 is 132 Å². The number of carbonyl (C=O) groups excluding carboxylic acids is 1. The third-order valence-corrected chi connectivity index (χ3v) is 5.09. The Morgan fingerprint density at radius 2 is 1.78 bits per heavy atom. The number of carboxylic acids is 1. The molecule has 0 saturated heterocycles. The molecule has 0 aliphatic heterocycles. The van der Waals surface area contributed by atoms with E-state index in [2.05, 4.69) is 15.0 Å². The van der Waals surface area contributed by atoms with Crippen LogP contribution in [0.2, 0.25) is 0 Å². The summed E-state index contributed by atoms with van der Waals surface area (Å²) in [6.07, 6.45) is 0. The van der Waals surface area contributed by atoms with Gasteiger partial charge in [-0.1, -0.05) is 36.4 Å². The molecule has 9 nitrogen and oxygen atoms in total. The minimum atomic E-state index is -1.32. The number of methoxy groups -OCH3 is 1. The Hall–Kier alpha value is -1.46. The number of hydrogen-bond donors (Lipinski definition) is 1. The minimum Gasteiger partial charge on any atom is -0.856 e. The van der Waals surface area contributed by atoms with E-state index in [4.69, 9.17) is 9.47 Å². The largest absolute Gasteiger partial charge is 1.00 e. The van der Waals surface area contributed by atoms with Gasteiger partial charge in [-0.2, -0.15) is 0 Å². The molecule has 0 unspecified atom stereocenters. The number of aromatic nitrogens is 2. The number of nitrogens with one attached hydrogen (secondary N) is 1. The first-order valence-electron chi connectivity index (χ1n) is 10.4. The first-order valence-corrected chi connectivity index (χ1v) is 10.4. The number of benzene rings is 3. The number of aliphatic imine (C=N–C) groups is 1. The molecule has 178 valence electrons. The van der Waals surface area contributed by atoms with Gasteiger partial charge in [0.05, 0.1) is 25.1 Å².